The Morgan fingerprint density at radius 1 is 0.970 bits per heavy atom. The highest BCUT2D eigenvalue weighted by Crippen LogP contribution is 2.27. The number of nitrogens with one attached hydrogen (secondary N) is 1. The van der Waals surface area contributed by atoms with Gasteiger partial charge in [0.25, 0.3) is 11.5 Å². The Kier molecular flexibility index (Phi) is 7.12. The van der Waals surface area contributed by atoms with Crippen LogP contribution in [0.1, 0.15) is 15.9 Å². The molecule has 0 atom stereocenters. The largest absolute Gasteiger partial charge is 0.497 e. The maximum atomic E-state index is 12.5. The summed E-state index contributed by atoms with van der Waals surface area (Å²) in [6, 6.07) is 24.8. The van der Waals surface area contributed by atoms with Gasteiger partial charge in [-0.3, -0.25) is 9.59 Å². The molecule has 0 radical (unpaired) electrons. The fraction of sp³-hybridized carbons (Fsp3) is 0.0800. The van der Waals surface area contributed by atoms with Gasteiger partial charge in [0.15, 0.2) is 0 Å². The Morgan fingerprint density at radius 2 is 1.67 bits per heavy atom. The second-order valence-corrected chi connectivity index (χ2v) is 8.59. The molecule has 4 rings (SSSR count). The fourth-order valence-corrected chi connectivity index (χ4v) is 3.94. The Bertz CT molecular complexity index is 1300. The first-order valence-corrected chi connectivity index (χ1v) is 11.3. The third-order valence-corrected chi connectivity index (χ3v) is 5.98. The van der Waals surface area contributed by atoms with Gasteiger partial charge in [-0.05, 0) is 72.3 Å². The molecular weight excluding hydrogens is 458 g/mol. The zero-order valence-corrected chi connectivity index (χ0v) is 19.3. The summed E-state index contributed by atoms with van der Waals surface area (Å²) in [5, 5.41) is 8.65. The van der Waals surface area contributed by atoms with Crippen molar-refractivity contribution in [2.24, 2.45) is 0 Å². The average molecular weight is 478 g/mol. The molecule has 0 aliphatic heterocycles. The van der Waals surface area contributed by atoms with E-state index in [2.05, 4.69) is 10.4 Å². The van der Waals surface area contributed by atoms with E-state index in [0.29, 0.717) is 27.8 Å². The van der Waals surface area contributed by atoms with Crippen LogP contribution in [0.3, 0.4) is 0 Å². The second-order valence-electron chi connectivity index (χ2n) is 7.06. The van der Waals surface area contributed by atoms with Crippen LogP contribution in [0.2, 0.25) is 5.02 Å². The predicted octanol–water partition coefficient (Wildman–Crippen LogP) is 4.98. The Hall–Kier alpha value is -3.55. The Morgan fingerprint density at radius 3 is 2.33 bits per heavy atom. The molecule has 0 unspecified atom stereocenters. The monoisotopic (exact) mass is 477 g/mol. The minimum atomic E-state index is -0.256. The van der Waals surface area contributed by atoms with Crippen molar-refractivity contribution in [3.8, 4) is 11.4 Å². The van der Waals surface area contributed by atoms with Gasteiger partial charge in [0, 0.05) is 28.1 Å². The van der Waals surface area contributed by atoms with Gasteiger partial charge in [-0.1, -0.05) is 35.5 Å². The lowest BCUT2D eigenvalue weighted by molar-refractivity contribution is 0.0951. The normalized spacial score (nSPS) is 10.6. The molecule has 33 heavy (non-hydrogen) atoms. The van der Waals surface area contributed by atoms with Crippen molar-refractivity contribution in [2.75, 3.05) is 7.11 Å². The number of rotatable bonds is 7. The molecule has 0 fully saturated rings. The highest BCUT2D eigenvalue weighted by atomic mass is 35.5. The van der Waals surface area contributed by atoms with Crippen molar-refractivity contribution in [1.82, 2.24) is 15.1 Å². The standard InChI is InChI=1S/C25H20ClN3O3S/c1-32-21-10-12-22(13-11-21)33-23-14-15-24(30)29(28-23)20-8-4-18(5-9-20)25(31)27-16-17-2-6-19(26)7-3-17/h2-15H,16H2,1H3,(H,27,31). The molecule has 3 aromatic carbocycles. The summed E-state index contributed by atoms with van der Waals surface area (Å²) in [6.07, 6.45) is 0. The van der Waals surface area contributed by atoms with Crippen molar-refractivity contribution in [1.29, 1.82) is 0 Å². The molecule has 1 amide bonds. The Balaban J connectivity index is 1.46. The fourth-order valence-electron chi connectivity index (χ4n) is 3.04. The lowest BCUT2D eigenvalue weighted by atomic mass is 10.1. The molecular formula is C25H20ClN3O3S. The summed E-state index contributed by atoms with van der Waals surface area (Å²) in [7, 11) is 1.62. The van der Waals surface area contributed by atoms with Gasteiger partial charge in [-0.15, -0.1) is 0 Å². The smallest absolute Gasteiger partial charge is 0.271 e. The van der Waals surface area contributed by atoms with Gasteiger partial charge in [0.05, 0.1) is 12.8 Å². The zero-order chi connectivity index (χ0) is 23.2. The lowest BCUT2D eigenvalue weighted by Gasteiger charge is -2.09. The lowest BCUT2D eigenvalue weighted by Crippen LogP contribution is -2.23. The van der Waals surface area contributed by atoms with E-state index in [0.717, 1.165) is 16.2 Å². The summed E-state index contributed by atoms with van der Waals surface area (Å²) < 4.78 is 6.50. The second kappa shape index (κ2) is 10.4. The van der Waals surface area contributed by atoms with E-state index in [1.807, 2.05) is 36.4 Å². The summed E-state index contributed by atoms with van der Waals surface area (Å²) in [5.41, 5.74) is 1.76. The van der Waals surface area contributed by atoms with Crippen LogP contribution in [0.15, 0.2) is 99.6 Å². The number of amides is 1. The molecule has 0 saturated heterocycles. The molecule has 1 aromatic heterocycles. The summed E-state index contributed by atoms with van der Waals surface area (Å²) in [4.78, 5) is 25.8. The molecule has 8 heteroatoms. The maximum Gasteiger partial charge on any atom is 0.271 e. The van der Waals surface area contributed by atoms with Crippen LogP contribution in [-0.4, -0.2) is 22.8 Å². The number of ether oxygens (including phenoxy) is 1. The molecule has 6 nitrogen and oxygen atoms in total. The van der Waals surface area contributed by atoms with Crippen LogP contribution in [0, 0.1) is 0 Å². The number of halogens is 1. The van der Waals surface area contributed by atoms with Crippen LogP contribution >= 0.6 is 23.4 Å². The van der Waals surface area contributed by atoms with E-state index in [9.17, 15) is 9.59 Å². The van der Waals surface area contributed by atoms with Crippen molar-refractivity contribution >= 4 is 29.3 Å². The third kappa shape index (κ3) is 5.83. The first kappa shape index (κ1) is 22.6. The van der Waals surface area contributed by atoms with Crippen molar-refractivity contribution in [3.05, 3.63) is 111 Å². The summed E-state index contributed by atoms with van der Waals surface area (Å²) >= 11 is 7.32. The minimum Gasteiger partial charge on any atom is -0.497 e. The van der Waals surface area contributed by atoms with Crippen LogP contribution in [-0.2, 0) is 6.54 Å². The number of hydrogen-bond donors (Lipinski definition) is 1. The number of methoxy groups -OCH3 is 1. The van der Waals surface area contributed by atoms with Crippen LogP contribution in [0.25, 0.3) is 5.69 Å². The van der Waals surface area contributed by atoms with Gasteiger partial charge >= 0.3 is 0 Å². The maximum absolute atomic E-state index is 12.5. The third-order valence-electron chi connectivity index (χ3n) is 4.80. The van der Waals surface area contributed by atoms with Gasteiger partial charge in [0.2, 0.25) is 0 Å². The minimum absolute atomic E-state index is 0.208. The molecule has 0 spiro atoms. The van der Waals surface area contributed by atoms with Crippen molar-refractivity contribution in [2.45, 2.75) is 16.5 Å². The van der Waals surface area contributed by atoms with Crippen molar-refractivity contribution in [3.63, 3.8) is 0 Å². The summed E-state index contributed by atoms with van der Waals surface area (Å²) in [6.45, 7) is 0.392. The number of carbonyl (C=O) groups is 1. The van der Waals surface area contributed by atoms with Crippen LogP contribution in [0.4, 0.5) is 0 Å². The van der Waals surface area contributed by atoms with E-state index in [-0.39, 0.29) is 11.5 Å². The predicted molar refractivity (Wildman–Crippen MR) is 130 cm³/mol. The number of benzene rings is 3. The summed E-state index contributed by atoms with van der Waals surface area (Å²) in [5.74, 6) is 0.565. The highest BCUT2D eigenvalue weighted by Gasteiger charge is 2.09. The van der Waals surface area contributed by atoms with Crippen LogP contribution < -0.4 is 15.6 Å². The number of aromatic nitrogens is 2. The van der Waals surface area contributed by atoms with Gasteiger partial charge in [0.1, 0.15) is 10.8 Å². The molecule has 0 aliphatic carbocycles. The van der Waals surface area contributed by atoms with E-state index in [4.69, 9.17) is 16.3 Å². The topological polar surface area (TPSA) is 73.2 Å². The molecule has 0 aliphatic rings. The van der Waals surface area contributed by atoms with E-state index < -0.39 is 0 Å². The van der Waals surface area contributed by atoms with E-state index in [1.165, 1.54) is 22.5 Å². The van der Waals surface area contributed by atoms with Crippen molar-refractivity contribution < 1.29 is 9.53 Å². The van der Waals surface area contributed by atoms with Gasteiger partial charge < -0.3 is 10.1 Å². The SMILES string of the molecule is COc1ccc(Sc2ccc(=O)n(-c3ccc(C(=O)NCc4ccc(Cl)cc4)cc3)n2)cc1. The first-order chi connectivity index (χ1) is 16.0. The molecule has 1 heterocycles. The highest BCUT2D eigenvalue weighted by molar-refractivity contribution is 7.99. The molecule has 1 N–H and O–H groups in total. The van der Waals surface area contributed by atoms with Gasteiger partial charge in [-0.25, -0.2) is 0 Å². The molecule has 0 saturated carbocycles. The molecule has 4 aromatic rings. The molecule has 166 valence electrons. The molecule has 0 bridgehead atoms. The Labute approximate surface area is 200 Å². The average Bonchev–Trinajstić information content (AvgIpc) is 2.85. The first-order valence-electron chi connectivity index (χ1n) is 10.1. The number of carbonyl (C=O) groups excluding carboxylic acids is 1. The quantitative estimate of drug-likeness (QED) is 0.406. The number of nitrogens with zero attached hydrogens (tertiary/aromatic N) is 2. The van der Waals surface area contributed by atoms with Gasteiger partial charge in [-0.2, -0.15) is 9.78 Å². The zero-order valence-electron chi connectivity index (χ0n) is 17.7. The van der Waals surface area contributed by atoms with Crippen LogP contribution in [0.5, 0.6) is 5.75 Å². The van der Waals surface area contributed by atoms with E-state index >= 15 is 0 Å². The van der Waals surface area contributed by atoms with E-state index in [1.54, 1.807) is 49.6 Å². The number of hydrogen-bond acceptors (Lipinski definition) is 5.